The Bertz CT molecular complexity index is 1250. The minimum atomic E-state index is -0.178. The average molecular weight is 423 g/mol. The summed E-state index contributed by atoms with van der Waals surface area (Å²) in [5, 5.41) is 6.11. The van der Waals surface area contributed by atoms with E-state index >= 15 is 0 Å². The SMILES string of the molecule is Cc1nc2ccc(Br)cc2c(=O)n1N=Cc1cn(C(C)C)c2ccccc12. The zero-order chi connectivity index (χ0) is 19.1. The first-order valence-electron chi connectivity index (χ1n) is 8.78. The van der Waals surface area contributed by atoms with Crippen LogP contribution < -0.4 is 5.56 Å². The quantitative estimate of drug-likeness (QED) is 0.441. The van der Waals surface area contributed by atoms with Crippen LogP contribution in [0.15, 0.2) is 63.0 Å². The number of hydrogen-bond donors (Lipinski definition) is 0. The fourth-order valence-electron chi connectivity index (χ4n) is 3.28. The molecule has 2 heterocycles. The fraction of sp³-hybridized carbons (Fsp3) is 0.190. The molecule has 4 aromatic rings. The first-order chi connectivity index (χ1) is 13.0. The van der Waals surface area contributed by atoms with Crippen molar-refractivity contribution in [3.8, 4) is 0 Å². The van der Waals surface area contributed by atoms with Crippen LogP contribution in [0.3, 0.4) is 0 Å². The van der Waals surface area contributed by atoms with Crippen LogP contribution in [0.5, 0.6) is 0 Å². The Kier molecular flexibility index (Phi) is 4.44. The van der Waals surface area contributed by atoms with Gasteiger partial charge in [-0.1, -0.05) is 34.1 Å². The van der Waals surface area contributed by atoms with Gasteiger partial charge in [-0.3, -0.25) is 4.79 Å². The molecule has 2 aromatic carbocycles. The van der Waals surface area contributed by atoms with Gasteiger partial charge in [-0.2, -0.15) is 9.78 Å². The highest BCUT2D eigenvalue weighted by Crippen LogP contribution is 2.23. The highest BCUT2D eigenvalue weighted by atomic mass is 79.9. The van der Waals surface area contributed by atoms with Crippen LogP contribution >= 0.6 is 15.9 Å². The van der Waals surface area contributed by atoms with Crippen molar-refractivity contribution < 1.29 is 0 Å². The lowest BCUT2D eigenvalue weighted by Crippen LogP contribution is -2.20. The van der Waals surface area contributed by atoms with Crippen molar-refractivity contribution in [3.63, 3.8) is 0 Å². The summed E-state index contributed by atoms with van der Waals surface area (Å²) in [6, 6.07) is 14.0. The van der Waals surface area contributed by atoms with Crippen LogP contribution in [-0.2, 0) is 0 Å². The summed E-state index contributed by atoms with van der Waals surface area (Å²) in [5.41, 5.74) is 2.62. The second kappa shape index (κ2) is 6.78. The lowest BCUT2D eigenvalue weighted by molar-refractivity contribution is 0.622. The van der Waals surface area contributed by atoms with Gasteiger partial charge in [0.15, 0.2) is 0 Å². The average Bonchev–Trinajstić information content (AvgIpc) is 3.01. The van der Waals surface area contributed by atoms with E-state index in [0.717, 1.165) is 20.9 Å². The Balaban J connectivity index is 1.87. The molecule has 4 rings (SSSR count). The largest absolute Gasteiger partial charge is 0.344 e. The minimum absolute atomic E-state index is 0.178. The van der Waals surface area contributed by atoms with Gasteiger partial charge in [0.1, 0.15) is 5.82 Å². The highest BCUT2D eigenvalue weighted by molar-refractivity contribution is 9.10. The molecule has 5 nitrogen and oxygen atoms in total. The van der Waals surface area contributed by atoms with E-state index in [-0.39, 0.29) is 5.56 Å². The van der Waals surface area contributed by atoms with Crippen molar-refractivity contribution in [1.82, 2.24) is 14.2 Å². The number of hydrogen-bond acceptors (Lipinski definition) is 3. The molecular weight excluding hydrogens is 404 g/mol. The van der Waals surface area contributed by atoms with E-state index in [0.29, 0.717) is 22.8 Å². The van der Waals surface area contributed by atoms with E-state index in [2.05, 4.69) is 62.8 Å². The van der Waals surface area contributed by atoms with Crippen LogP contribution in [0.4, 0.5) is 0 Å². The molecule has 0 bridgehead atoms. The Labute approximate surface area is 165 Å². The number of halogens is 1. The second-order valence-electron chi connectivity index (χ2n) is 6.78. The highest BCUT2D eigenvalue weighted by Gasteiger charge is 2.10. The summed E-state index contributed by atoms with van der Waals surface area (Å²) >= 11 is 3.41. The number of nitrogens with zero attached hydrogens (tertiary/aromatic N) is 4. The molecule has 136 valence electrons. The Morgan fingerprint density at radius 1 is 1.15 bits per heavy atom. The summed E-state index contributed by atoms with van der Waals surface area (Å²) in [6.07, 6.45) is 3.81. The first-order valence-corrected chi connectivity index (χ1v) is 9.58. The molecule has 0 N–H and O–H groups in total. The van der Waals surface area contributed by atoms with Gasteiger partial charge in [0.25, 0.3) is 5.56 Å². The molecule has 0 saturated heterocycles. The number of aromatic nitrogens is 3. The van der Waals surface area contributed by atoms with Gasteiger partial charge in [0.2, 0.25) is 0 Å². The maximum atomic E-state index is 12.9. The molecule has 0 spiro atoms. The molecule has 0 aliphatic rings. The third-order valence-electron chi connectivity index (χ3n) is 4.61. The van der Waals surface area contributed by atoms with Gasteiger partial charge in [-0.05, 0) is 45.0 Å². The third-order valence-corrected chi connectivity index (χ3v) is 5.10. The van der Waals surface area contributed by atoms with E-state index in [1.54, 1.807) is 19.2 Å². The molecule has 0 aliphatic carbocycles. The summed E-state index contributed by atoms with van der Waals surface area (Å²) in [5.74, 6) is 0.554. The molecule has 0 saturated carbocycles. The van der Waals surface area contributed by atoms with Crippen molar-refractivity contribution in [2.45, 2.75) is 26.8 Å². The predicted molar refractivity (Wildman–Crippen MR) is 114 cm³/mol. The van der Waals surface area contributed by atoms with Crippen LogP contribution in [0.1, 0.15) is 31.3 Å². The molecule has 0 atom stereocenters. The molecule has 0 aliphatic heterocycles. The second-order valence-corrected chi connectivity index (χ2v) is 7.70. The van der Waals surface area contributed by atoms with Gasteiger partial charge in [0.05, 0.1) is 17.1 Å². The number of aryl methyl sites for hydroxylation is 1. The van der Waals surface area contributed by atoms with Gasteiger partial charge in [-0.25, -0.2) is 4.98 Å². The van der Waals surface area contributed by atoms with Crippen LogP contribution in [0, 0.1) is 6.92 Å². The zero-order valence-corrected chi connectivity index (χ0v) is 16.9. The van der Waals surface area contributed by atoms with Gasteiger partial charge < -0.3 is 4.57 Å². The Morgan fingerprint density at radius 3 is 2.70 bits per heavy atom. The monoisotopic (exact) mass is 422 g/mol. The van der Waals surface area contributed by atoms with Crippen molar-refractivity contribution in [2.75, 3.05) is 0 Å². The van der Waals surface area contributed by atoms with Crippen molar-refractivity contribution in [3.05, 3.63) is 74.9 Å². The van der Waals surface area contributed by atoms with Crippen molar-refractivity contribution >= 4 is 44.0 Å². The topological polar surface area (TPSA) is 52.2 Å². The summed E-state index contributed by atoms with van der Waals surface area (Å²) in [6.45, 7) is 6.08. The lowest BCUT2D eigenvalue weighted by Gasteiger charge is -2.08. The van der Waals surface area contributed by atoms with E-state index < -0.39 is 0 Å². The molecule has 0 radical (unpaired) electrons. The van der Waals surface area contributed by atoms with Crippen molar-refractivity contribution in [1.29, 1.82) is 0 Å². The smallest absolute Gasteiger partial charge is 0.282 e. The van der Waals surface area contributed by atoms with Gasteiger partial charge >= 0.3 is 0 Å². The Morgan fingerprint density at radius 2 is 1.93 bits per heavy atom. The van der Waals surface area contributed by atoms with Gasteiger partial charge in [-0.15, -0.1) is 0 Å². The number of fused-ring (bicyclic) bond motifs is 2. The van der Waals surface area contributed by atoms with Crippen LogP contribution in [0.2, 0.25) is 0 Å². The van der Waals surface area contributed by atoms with E-state index in [1.807, 2.05) is 24.3 Å². The zero-order valence-electron chi connectivity index (χ0n) is 15.3. The molecule has 0 unspecified atom stereocenters. The molecular formula is C21H19BrN4O. The maximum Gasteiger partial charge on any atom is 0.282 e. The molecule has 27 heavy (non-hydrogen) atoms. The van der Waals surface area contributed by atoms with Gasteiger partial charge in [0, 0.05) is 33.2 Å². The number of para-hydroxylation sites is 1. The molecule has 0 amide bonds. The molecule has 2 aromatic heterocycles. The lowest BCUT2D eigenvalue weighted by atomic mass is 10.2. The van der Waals surface area contributed by atoms with Crippen molar-refractivity contribution in [2.24, 2.45) is 5.10 Å². The first kappa shape index (κ1) is 17.7. The standard InChI is InChI=1S/C21H19BrN4O/c1-13(2)25-12-15(17-6-4-5-7-20(17)25)11-23-26-14(3)24-19-9-8-16(22)10-18(19)21(26)27/h4-13H,1-3H3. The predicted octanol–water partition coefficient (Wildman–Crippen LogP) is 4.89. The van der Waals surface area contributed by atoms with Crippen LogP contribution in [0.25, 0.3) is 21.8 Å². The maximum absolute atomic E-state index is 12.9. The van der Waals surface area contributed by atoms with Crippen LogP contribution in [-0.4, -0.2) is 20.4 Å². The van der Waals surface area contributed by atoms with E-state index in [1.165, 1.54) is 4.68 Å². The fourth-order valence-corrected chi connectivity index (χ4v) is 3.64. The summed E-state index contributed by atoms with van der Waals surface area (Å²) < 4.78 is 4.41. The molecule has 6 heteroatoms. The summed E-state index contributed by atoms with van der Waals surface area (Å²) in [4.78, 5) is 17.4. The van der Waals surface area contributed by atoms with E-state index in [4.69, 9.17) is 0 Å². The number of rotatable bonds is 3. The summed E-state index contributed by atoms with van der Waals surface area (Å²) in [7, 11) is 0. The normalized spacial score (nSPS) is 12.0. The Hall–Kier alpha value is -2.73. The molecule has 0 fully saturated rings. The number of benzene rings is 2. The third kappa shape index (κ3) is 3.10. The van der Waals surface area contributed by atoms with E-state index in [9.17, 15) is 4.79 Å². The minimum Gasteiger partial charge on any atom is -0.344 e.